The van der Waals surface area contributed by atoms with Gasteiger partial charge in [0.2, 0.25) is 0 Å². The molecule has 1 N–H and O–H groups in total. The van der Waals surface area contributed by atoms with Gasteiger partial charge >= 0.3 is 0 Å². The number of rotatable bonds is 2. The Morgan fingerprint density at radius 3 is 3.00 bits per heavy atom. The molecule has 1 fully saturated rings. The van der Waals surface area contributed by atoms with Crippen LogP contribution >= 0.6 is 0 Å². The highest BCUT2D eigenvalue weighted by Crippen LogP contribution is 2.22. The second-order valence-corrected chi connectivity index (χ2v) is 3.66. The second-order valence-electron chi connectivity index (χ2n) is 3.66. The summed E-state index contributed by atoms with van der Waals surface area (Å²) in [6.07, 6.45) is -0.824. The molecular formula is C12H12N2O3. The number of carbonyl (C=O) groups is 1. The van der Waals surface area contributed by atoms with Crippen molar-refractivity contribution in [2.75, 3.05) is 24.7 Å². The number of aliphatic hydroxyl groups excluding tert-OH is 1. The molecule has 0 radical (unpaired) electrons. The van der Waals surface area contributed by atoms with Crippen molar-refractivity contribution in [3.05, 3.63) is 29.8 Å². The molecule has 1 amide bonds. The van der Waals surface area contributed by atoms with Gasteiger partial charge in [-0.3, -0.25) is 4.79 Å². The number of benzene rings is 1. The van der Waals surface area contributed by atoms with E-state index in [1.165, 1.54) is 4.90 Å². The highest BCUT2D eigenvalue weighted by molar-refractivity contribution is 5.98. The van der Waals surface area contributed by atoms with Gasteiger partial charge in [-0.1, -0.05) is 12.1 Å². The fourth-order valence-electron chi connectivity index (χ4n) is 1.82. The third kappa shape index (κ3) is 2.13. The maximum atomic E-state index is 12.0. The van der Waals surface area contributed by atoms with Crippen LogP contribution in [0.5, 0.6) is 0 Å². The fourth-order valence-corrected chi connectivity index (χ4v) is 1.82. The molecule has 0 bridgehead atoms. The van der Waals surface area contributed by atoms with Crippen molar-refractivity contribution in [1.29, 1.82) is 5.26 Å². The fraction of sp³-hybridized carbons (Fsp3) is 0.333. The van der Waals surface area contributed by atoms with Crippen molar-refractivity contribution in [3.63, 3.8) is 0 Å². The maximum absolute atomic E-state index is 12.0. The summed E-state index contributed by atoms with van der Waals surface area (Å²) >= 11 is 0. The topological polar surface area (TPSA) is 73.6 Å². The van der Waals surface area contributed by atoms with Gasteiger partial charge in [-0.05, 0) is 12.1 Å². The van der Waals surface area contributed by atoms with Crippen LogP contribution in [0.25, 0.3) is 0 Å². The van der Waals surface area contributed by atoms with Crippen LogP contribution in [0.15, 0.2) is 24.3 Å². The van der Waals surface area contributed by atoms with Crippen LogP contribution < -0.4 is 4.90 Å². The molecule has 1 aromatic carbocycles. The van der Waals surface area contributed by atoms with Crippen LogP contribution in [0.2, 0.25) is 0 Å². The van der Waals surface area contributed by atoms with Crippen LogP contribution in [0.4, 0.5) is 5.69 Å². The molecule has 1 atom stereocenters. The Morgan fingerprint density at radius 1 is 1.53 bits per heavy atom. The first kappa shape index (κ1) is 11.6. The molecule has 5 nitrogen and oxygen atoms in total. The molecule has 1 heterocycles. The third-order valence-corrected chi connectivity index (χ3v) is 2.66. The van der Waals surface area contributed by atoms with E-state index in [2.05, 4.69) is 0 Å². The van der Waals surface area contributed by atoms with Crippen molar-refractivity contribution in [3.8, 4) is 6.07 Å². The summed E-state index contributed by atoms with van der Waals surface area (Å²) in [6, 6.07) is 8.94. The van der Waals surface area contributed by atoms with E-state index in [-0.39, 0.29) is 12.5 Å². The number of morpholine rings is 1. The molecule has 88 valence electrons. The maximum Gasteiger partial charge on any atom is 0.258 e. The lowest BCUT2D eigenvalue weighted by atomic mass is 10.1. The quantitative estimate of drug-likeness (QED) is 0.795. The molecule has 5 heteroatoms. The predicted molar refractivity (Wildman–Crippen MR) is 60.3 cm³/mol. The minimum atomic E-state index is -0.824. The van der Waals surface area contributed by atoms with E-state index in [1.807, 2.05) is 6.07 Å². The Hall–Kier alpha value is -1.90. The minimum Gasteiger partial charge on any atom is -0.393 e. The number of amides is 1. The van der Waals surface area contributed by atoms with Crippen molar-refractivity contribution >= 4 is 11.6 Å². The zero-order valence-electron chi connectivity index (χ0n) is 9.17. The first-order valence-electron chi connectivity index (χ1n) is 5.31. The molecule has 0 saturated carbocycles. The average Bonchev–Trinajstić information content (AvgIpc) is 2.39. The van der Waals surface area contributed by atoms with E-state index < -0.39 is 6.10 Å². The number of nitriles is 1. The highest BCUT2D eigenvalue weighted by Gasteiger charge is 2.30. The van der Waals surface area contributed by atoms with Gasteiger partial charge in [-0.2, -0.15) is 5.26 Å². The molecule has 0 spiro atoms. The number of carbonyl (C=O) groups excluding carboxylic acids is 1. The average molecular weight is 232 g/mol. The van der Waals surface area contributed by atoms with Gasteiger partial charge < -0.3 is 14.7 Å². The SMILES string of the molecule is N#Cc1ccccc1N1CCOC(CO)C1=O. The van der Waals surface area contributed by atoms with Gasteiger partial charge in [0.15, 0.2) is 6.10 Å². The molecular weight excluding hydrogens is 220 g/mol. The summed E-state index contributed by atoms with van der Waals surface area (Å²) in [6.45, 7) is 0.412. The zero-order valence-corrected chi connectivity index (χ0v) is 9.17. The van der Waals surface area contributed by atoms with Gasteiger partial charge in [0, 0.05) is 6.54 Å². The zero-order chi connectivity index (χ0) is 12.3. The first-order valence-corrected chi connectivity index (χ1v) is 5.31. The highest BCUT2D eigenvalue weighted by atomic mass is 16.5. The Labute approximate surface area is 98.8 Å². The van der Waals surface area contributed by atoms with E-state index in [1.54, 1.807) is 24.3 Å². The number of nitrogens with zero attached hydrogens (tertiary/aromatic N) is 2. The van der Waals surface area contributed by atoms with Gasteiger partial charge in [0.25, 0.3) is 5.91 Å². The largest absolute Gasteiger partial charge is 0.393 e. The number of hydrogen-bond donors (Lipinski definition) is 1. The van der Waals surface area contributed by atoms with Crippen molar-refractivity contribution in [2.24, 2.45) is 0 Å². The van der Waals surface area contributed by atoms with Crippen LogP contribution in [0.1, 0.15) is 5.56 Å². The van der Waals surface area contributed by atoms with Gasteiger partial charge in [-0.25, -0.2) is 0 Å². The third-order valence-electron chi connectivity index (χ3n) is 2.66. The van der Waals surface area contributed by atoms with E-state index in [0.29, 0.717) is 24.4 Å². The summed E-state index contributed by atoms with van der Waals surface area (Å²) in [5.74, 6) is -0.304. The Bertz CT molecular complexity index is 467. The number of hydrogen-bond acceptors (Lipinski definition) is 4. The lowest BCUT2D eigenvalue weighted by Gasteiger charge is -2.32. The van der Waals surface area contributed by atoms with Crippen LogP contribution in [0.3, 0.4) is 0 Å². The van der Waals surface area contributed by atoms with Crippen molar-refractivity contribution in [2.45, 2.75) is 6.10 Å². The normalized spacial score (nSPS) is 20.1. The Kier molecular flexibility index (Phi) is 3.38. The smallest absolute Gasteiger partial charge is 0.258 e. The van der Waals surface area contributed by atoms with Crippen molar-refractivity contribution in [1.82, 2.24) is 0 Å². The van der Waals surface area contributed by atoms with Crippen LogP contribution in [-0.2, 0) is 9.53 Å². The lowest BCUT2D eigenvalue weighted by Crippen LogP contribution is -2.49. The number of ether oxygens (including phenoxy) is 1. The monoisotopic (exact) mass is 232 g/mol. The van der Waals surface area contributed by atoms with E-state index in [0.717, 1.165) is 0 Å². The van der Waals surface area contributed by atoms with Gasteiger partial charge in [-0.15, -0.1) is 0 Å². The number of para-hydroxylation sites is 1. The first-order chi connectivity index (χ1) is 8.27. The van der Waals surface area contributed by atoms with Crippen LogP contribution in [0, 0.1) is 11.3 Å². The standard InChI is InChI=1S/C12H12N2O3/c13-7-9-3-1-2-4-10(9)14-5-6-17-11(8-15)12(14)16/h1-4,11,15H,5-6,8H2. The number of aliphatic hydroxyl groups is 1. The predicted octanol–water partition coefficient (Wildman–Crippen LogP) is 0.282. The lowest BCUT2D eigenvalue weighted by molar-refractivity contribution is -0.136. The molecule has 0 aliphatic carbocycles. The second kappa shape index (κ2) is 4.95. The van der Waals surface area contributed by atoms with E-state index in [4.69, 9.17) is 15.1 Å². The van der Waals surface area contributed by atoms with Gasteiger partial charge in [0.05, 0.1) is 24.5 Å². The summed E-state index contributed by atoms with van der Waals surface area (Å²) in [7, 11) is 0. The summed E-state index contributed by atoms with van der Waals surface area (Å²) < 4.78 is 5.14. The molecule has 17 heavy (non-hydrogen) atoms. The number of anilines is 1. The molecule has 0 aromatic heterocycles. The minimum absolute atomic E-state index is 0.304. The molecule has 1 aromatic rings. The van der Waals surface area contributed by atoms with E-state index >= 15 is 0 Å². The molecule has 1 aliphatic heterocycles. The molecule has 1 aliphatic rings. The van der Waals surface area contributed by atoms with Crippen molar-refractivity contribution < 1.29 is 14.6 Å². The van der Waals surface area contributed by atoms with Crippen LogP contribution in [-0.4, -0.2) is 36.9 Å². The molecule has 1 unspecified atom stereocenters. The Morgan fingerprint density at radius 2 is 2.29 bits per heavy atom. The Balaban J connectivity index is 2.33. The molecule has 2 rings (SSSR count). The summed E-state index contributed by atoms with van der Waals surface area (Å²) in [5, 5.41) is 18.0. The molecule has 1 saturated heterocycles. The van der Waals surface area contributed by atoms with Gasteiger partial charge in [0.1, 0.15) is 6.07 Å². The summed E-state index contributed by atoms with van der Waals surface area (Å²) in [4.78, 5) is 13.4. The van der Waals surface area contributed by atoms with E-state index in [9.17, 15) is 4.79 Å². The summed E-state index contributed by atoms with van der Waals surface area (Å²) in [5.41, 5.74) is 1.01.